The van der Waals surface area contributed by atoms with E-state index in [-0.39, 0.29) is 5.78 Å². The first-order chi connectivity index (χ1) is 15.7. The number of ether oxygens (including phenoxy) is 2. The lowest BCUT2D eigenvalue weighted by Crippen LogP contribution is -2.03. The van der Waals surface area contributed by atoms with Crippen molar-refractivity contribution in [2.45, 2.75) is 70.6 Å². The minimum Gasteiger partial charge on any atom is -0.490 e. The van der Waals surface area contributed by atoms with Gasteiger partial charge in [-0.25, -0.2) is 0 Å². The van der Waals surface area contributed by atoms with Crippen molar-refractivity contribution in [3.8, 4) is 11.5 Å². The maximum Gasteiger partial charge on any atom is 0.185 e. The Morgan fingerprint density at radius 3 is 2.09 bits per heavy atom. The third kappa shape index (κ3) is 9.52. The average Bonchev–Trinajstić information content (AvgIpc) is 2.82. The highest BCUT2D eigenvalue weighted by Crippen LogP contribution is 2.30. The molecule has 0 aliphatic heterocycles. The number of carbonyl (C=O) groups excluding carboxylic acids is 1. The lowest BCUT2D eigenvalue weighted by Gasteiger charge is -2.13. The summed E-state index contributed by atoms with van der Waals surface area (Å²) in [5.41, 5.74) is 1.63. The van der Waals surface area contributed by atoms with Crippen LogP contribution in [0.1, 0.15) is 81.6 Å². The molecular weight excluding hydrogens is 416 g/mol. The molecule has 0 spiro atoms. The highest BCUT2D eigenvalue weighted by atomic mass is 32.2. The maximum absolute atomic E-state index is 12.6. The number of allylic oxidation sites excluding steroid dienone is 1. The summed E-state index contributed by atoms with van der Waals surface area (Å²) >= 11 is 1.82. The van der Waals surface area contributed by atoms with Gasteiger partial charge in [0.25, 0.3) is 0 Å². The second-order valence-electron chi connectivity index (χ2n) is 7.89. The highest BCUT2D eigenvalue weighted by Gasteiger charge is 2.07. The van der Waals surface area contributed by atoms with Crippen LogP contribution in [-0.4, -0.2) is 24.7 Å². The molecule has 174 valence electrons. The second-order valence-corrected chi connectivity index (χ2v) is 9.06. The summed E-state index contributed by atoms with van der Waals surface area (Å²) in [6.07, 6.45) is 11.3. The van der Waals surface area contributed by atoms with Crippen LogP contribution in [0.3, 0.4) is 0 Å². The van der Waals surface area contributed by atoms with Gasteiger partial charge in [0.05, 0.1) is 13.2 Å². The van der Waals surface area contributed by atoms with E-state index in [1.807, 2.05) is 60.3 Å². The first kappa shape index (κ1) is 26.1. The molecule has 0 amide bonds. The Morgan fingerprint density at radius 1 is 0.812 bits per heavy atom. The van der Waals surface area contributed by atoms with Gasteiger partial charge in [0.15, 0.2) is 17.3 Å². The molecule has 0 bridgehead atoms. The fraction of sp³-hybridized carbons (Fsp3) is 0.464. The summed E-state index contributed by atoms with van der Waals surface area (Å²) in [5.74, 6) is 2.63. The molecule has 4 heteroatoms. The topological polar surface area (TPSA) is 35.5 Å². The third-order valence-electron chi connectivity index (χ3n) is 5.02. The van der Waals surface area contributed by atoms with Gasteiger partial charge in [-0.15, -0.1) is 11.8 Å². The van der Waals surface area contributed by atoms with Crippen molar-refractivity contribution in [2.75, 3.05) is 19.0 Å². The first-order valence-corrected chi connectivity index (χ1v) is 13.0. The van der Waals surface area contributed by atoms with Gasteiger partial charge in [0.2, 0.25) is 0 Å². The summed E-state index contributed by atoms with van der Waals surface area (Å²) in [4.78, 5) is 13.8. The van der Waals surface area contributed by atoms with Crippen LogP contribution >= 0.6 is 11.8 Å². The predicted octanol–water partition coefficient (Wildman–Crippen LogP) is 8.22. The van der Waals surface area contributed by atoms with Gasteiger partial charge in [-0.2, -0.15) is 0 Å². The fourth-order valence-corrected chi connectivity index (χ4v) is 3.90. The van der Waals surface area contributed by atoms with Crippen LogP contribution in [0.15, 0.2) is 53.4 Å². The van der Waals surface area contributed by atoms with Gasteiger partial charge < -0.3 is 9.47 Å². The number of ketones is 1. The quantitative estimate of drug-likeness (QED) is 0.111. The molecule has 2 aromatic rings. The molecule has 0 saturated carbocycles. The largest absolute Gasteiger partial charge is 0.490 e. The van der Waals surface area contributed by atoms with Crippen molar-refractivity contribution in [1.82, 2.24) is 0 Å². The van der Waals surface area contributed by atoms with Gasteiger partial charge in [0.1, 0.15) is 0 Å². The Labute approximate surface area is 198 Å². The number of thioether (sulfide) groups is 1. The number of rotatable bonds is 16. The minimum atomic E-state index is 0.00217. The van der Waals surface area contributed by atoms with Crippen LogP contribution in [0.25, 0.3) is 6.08 Å². The molecule has 3 nitrogen and oxygen atoms in total. The van der Waals surface area contributed by atoms with E-state index in [1.54, 1.807) is 6.08 Å². The van der Waals surface area contributed by atoms with Crippen LogP contribution in [-0.2, 0) is 0 Å². The number of carbonyl (C=O) groups is 1. The van der Waals surface area contributed by atoms with Crippen LogP contribution in [0.5, 0.6) is 11.5 Å². The highest BCUT2D eigenvalue weighted by molar-refractivity contribution is 7.99. The molecule has 0 atom stereocenters. The monoisotopic (exact) mass is 454 g/mol. The summed E-state index contributed by atoms with van der Waals surface area (Å²) in [6, 6.07) is 13.7. The molecule has 0 saturated heterocycles. The van der Waals surface area contributed by atoms with Gasteiger partial charge in [-0.1, -0.05) is 58.6 Å². The lowest BCUT2D eigenvalue weighted by molar-refractivity contribution is 0.104. The molecule has 0 unspecified atom stereocenters. The summed E-state index contributed by atoms with van der Waals surface area (Å²) in [5, 5.41) is 0. The van der Waals surface area contributed by atoms with Crippen molar-refractivity contribution >= 4 is 23.6 Å². The zero-order valence-electron chi connectivity index (χ0n) is 19.9. The molecular formula is C28H38O3S. The van der Waals surface area contributed by atoms with Crippen molar-refractivity contribution in [2.24, 2.45) is 0 Å². The van der Waals surface area contributed by atoms with E-state index < -0.39 is 0 Å². The molecule has 0 N–H and O–H groups in total. The maximum atomic E-state index is 12.6. The third-order valence-corrected chi connectivity index (χ3v) is 6.24. The van der Waals surface area contributed by atoms with Crippen molar-refractivity contribution in [1.29, 1.82) is 0 Å². The van der Waals surface area contributed by atoms with Crippen LogP contribution < -0.4 is 9.47 Å². The van der Waals surface area contributed by atoms with Crippen LogP contribution in [0.4, 0.5) is 0 Å². The smallest absolute Gasteiger partial charge is 0.185 e. The molecule has 0 aromatic heterocycles. The first-order valence-electron chi connectivity index (χ1n) is 12.0. The lowest BCUT2D eigenvalue weighted by atomic mass is 10.1. The summed E-state index contributed by atoms with van der Waals surface area (Å²) in [7, 11) is 0. The van der Waals surface area contributed by atoms with Crippen molar-refractivity contribution < 1.29 is 14.3 Å². The minimum absolute atomic E-state index is 0.00217. The predicted molar refractivity (Wildman–Crippen MR) is 137 cm³/mol. The Morgan fingerprint density at radius 2 is 1.47 bits per heavy atom. The second kappa shape index (κ2) is 15.6. The van der Waals surface area contributed by atoms with E-state index in [4.69, 9.17) is 9.47 Å². The van der Waals surface area contributed by atoms with Gasteiger partial charge in [0, 0.05) is 10.5 Å². The Balaban J connectivity index is 2.04. The molecule has 2 rings (SSSR count). The zero-order chi connectivity index (χ0) is 23.0. The standard InChI is InChI=1S/C28H38O3S/c1-4-7-9-19-30-27-18-12-23(22-28(27)31-20-10-8-5-2)11-17-26(29)24-13-15-25(16-14-24)32-21-6-3/h11-18,22H,4-10,19-21H2,1-3H3. The number of unbranched alkanes of at least 4 members (excludes halogenated alkanes) is 4. The van der Waals surface area contributed by atoms with Crippen molar-refractivity contribution in [3.63, 3.8) is 0 Å². The van der Waals surface area contributed by atoms with E-state index in [0.717, 1.165) is 61.3 Å². The van der Waals surface area contributed by atoms with E-state index in [0.29, 0.717) is 18.8 Å². The van der Waals surface area contributed by atoms with Gasteiger partial charge >= 0.3 is 0 Å². The molecule has 0 aliphatic rings. The Kier molecular flexibility index (Phi) is 12.7. The van der Waals surface area contributed by atoms with E-state index in [1.165, 1.54) is 11.3 Å². The molecule has 0 heterocycles. The Bertz CT molecular complexity index is 827. The molecule has 0 fully saturated rings. The number of hydrogen-bond acceptors (Lipinski definition) is 4. The molecule has 0 aliphatic carbocycles. The van der Waals surface area contributed by atoms with Gasteiger partial charge in [-0.3, -0.25) is 4.79 Å². The summed E-state index contributed by atoms with van der Waals surface area (Å²) < 4.78 is 12.0. The number of hydrogen-bond donors (Lipinski definition) is 0. The molecule has 2 aromatic carbocycles. The molecule has 0 radical (unpaired) electrons. The van der Waals surface area contributed by atoms with Gasteiger partial charge in [-0.05, 0) is 73.1 Å². The van der Waals surface area contributed by atoms with E-state index in [9.17, 15) is 4.79 Å². The van der Waals surface area contributed by atoms with E-state index in [2.05, 4.69) is 20.8 Å². The molecule has 32 heavy (non-hydrogen) atoms. The SMILES string of the molecule is CCCCCOc1ccc(C=CC(=O)c2ccc(SCCC)cc2)cc1OCCCCC. The fourth-order valence-electron chi connectivity index (χ4n) is 3.13. The van der Waals surface area contributed by atoms with Crippen LogP contribution in [0.2, 0.25) is 0 Å². The normalized spacial score (nSPS) is 11.1. The average molecular weight is 455 g/mol. The Hall–Kier alpha value is -2.20. The van der Waals surface area contributed by atoms with Crippen molar-refractivity contribution in [3.05, 3.63) is 59.7 Å². The summed E-state index contributed by atoms with van der Waals surface area (Å²) in [6.45, 7) is 7.91. The van der Waals surface area contributed by atoms with E-state index >= 15 is 0 Å². The van der Waals surface area contributed by atoms with Crippen LogP contribution in [0, 0.1) is 0 Å². The number of benzene rings is 2. The zero-order valence-corrected chi connectivity index (χ0v) is 20.7.